The number of nitrogens with zero attached hydrogens (tertiary/aromatic N) is 1. The molecular weight excluding hydrogens is 404 g/mol. The fourth-order valence-electron chi connectivity index (χ4n) is 3.10. The van der Waals surface area contributed by atoms with Gasteiger partial charge in [-0.1, -0.05) is 12.1 Å². The van der Waals surface area contributed by atoms with Crippen LogP contribution in [0.5, 0.6) is 5.75 Å². The molecular formula is C21H18F4N2O3. The Labute approximate surface area is 169 Å². The molecule has 1 amide bonds. The lowest BCUT2D eigenvalue weighted by atomic mass is 10.0. The van der Waals surface area contributed by atoms with Crippen molar-refractivity contribution in [3.8, 4) is 11.8 Å². The van der Waals surface area contributed by atoms with Gasteiger partial charge >= 0.3 is 6.18 Å². The number of ether oxygens (including phenoxy) is 1. The highest BCUT2D eigenvalue weighted by Crippen LogP contribution is 2.47. The van der Waals surface area contributed by atoms with Crippen LogP contribution < -0.4 is 10.1 Å². The van der Waals surface area contributed by atoms with Gasteiger partial charge in [-0.15, -0.1) is 0 Å². The van der Waals surface area contributed by atoms with Gasteiger partial charge in [0.05, 0.1) is 29.7 Å². The van der Waals surface area contributed by atoms with Crippen molar-refractivity contribution in [2.75, 3.05) is 6.61 Å². The predicted octanol–water partition coefficient (Wildman–Crippen LogP) is 3.87. The number of alkyl halides is 3. The Hall–Kier alpha value is -3.12. The zero-order valence-electron chi connectivity index (χ0n) is 15.7. The van der Waals surface area contributed by atoms with Gasteiger partial charge in [-0.05, 0) is 54.3 Å². The van der Waals surface area contributed by atoms with Gasteiger partial charge in [0.15, 0.2) is 6.61 Å². The molecule has 158 valence electrons. The summed E-state index contributed by atoms with van der Waals surface area (Å²) in [6.45, 7) is -1.50. The van der Waals surface area contributed by atoms with Crippen LogP contribution in [0.15, 0.2) is 42.5 Å². The Morgan fingerprint density at radius 3 is 2.47 bits per heavy atom. The van der Waals surface area contributed by atoms with E-state index < -0.39 is 36.2 Å². The molecule has 9 heteroatoms. The van der Waals surface area contributed by atoms with Gasteiger partial charge in [0.1, 0.15) is 11.6 Å². The van der Waals surface area contributed by atoms with Gasteiger partial charge < -0.3 is 15.2 Å². The molecule has 0 radical (unpaired) electrons. The van der Waals surface area contributed by atoms with Crippen molar-refractivity contribution in [1.29, 1.82) is 5.26 Å². The molecule has 1 atom stereocenters. The summed E-state index contributed by atoms with van der Waals surface area (Å²) in [6.07, 6.45) is -4.89. The Balaban J connectivity index is 1.71. The minimum atomic E-state index is -4.52. The van der Waals surface area contributed by atoms with Crippen molar-refractivity contribution in [1.82, 2.24) is 5.32 Å². The minimum Gasteiger partial charge on any atom is -0.484 e. The zero-order valence-corrected chi connectivity index (χ0v) is 15.7. The molecule has 0 heterocycles. The largest absolute Gasteiger partial charge is 0.484 e. The molecule has 2 N–H and O–H groups in total. The van der Waals surface area contributed by atoms with E-state index in [2.05, 4.69) is 5.32 Å². The van der Waals surface area contributed by atoms with E-state index in [1.807, 2.05) is 6.07 Å². The van der Waals surface area contributed by atoms with Crippen LogP contribution >= 0.6 is 0 Å². The Kier molecular flexibility index (Phi) is 5.99. The first-order valence-corrected chi connectivity index (χ1v) is 9.10. The average molecular weight is 422 g/mol. The number of hydrogen-bond donors (Lipinski definition) is 2. The number of aliphatic hydroxyl groups is 1. The third kappa shape index (κ3) is 5.48. The topological polar surface area (TPSA) is 82.3 Å². The Morgan fingerprint density at radius 2 is 1.90 bits per heavy atom. The van der Waals surface area contributed by atoms with Gasteiger partial charge in [-0.25, -0.2) is 4.39 Å². The summed E-state index contributed by atoms with van der Waals surface area (Å²) < 4.78 is 55.0. The molecule has 2 aromatic carbocycles. The van der Waals surface area contributed by atoms with Crippen LogP contribution in [0.25, 0.3) is 0 Å². The summed E-state index contributed by atoms with van der Waals surface area (Å²) in [5.41, 5.74) is 0.119. The summed E-state index contributed by atoms with van der Waals surface area (Å²) in [7, 11) is 0. The number of nitrogens with one attached hydrogen (secondary N) is 1. The summed E-state index contributed by atoms with van der Waals surface area (Å²) in [5.74, 6) is -1.06. The second-order valence-electron chi connectivity index (χ2n) is 7.16. The van der Waals surface area contributed by atoms with Crippen LogP contribution in [0.3, 0.4) is 0 Å². The number of halogens is 4. The lowest BCUT2D eigenvalue weighted by Gasteiger charge is -2.21. The molecule has 0 unspecified atom stereocenters. The van der Waals surface area contributed by atoms with Crippen LogP contribution in [0.1, 0.15) is 42.1 Å². The first-order valence-electron chi connectivity index (χ1n) is 9.10. The van der Waals surface area contributed by atoms with Crippen LogP contribution in [-0.4, -0.2) is 23.8 Å². The van der Waals surface area contributed by atoms with E-state index in [0.717, 1.165) is 0 Å². The van der Waals surface area contributed by atoms with E-state index in [1.54, 1.807) is 0 Å². The average Bonchev–Trinajstić information content (AvgIpc) is 3.46. The third-order valence-corrected chi connectivity index (χ3v) is 4.75. The van der Waals surface area contributed by atoms with Crippen LogP contribution in [0.4, 0.5) is 17.6 Å². The fourth-order valence-corrected chi connectivity index (χ4v) is 3.10. The molecule has 1 saturated carbocycles. The van der Waals surface area contributed by atoms with Gasteiger partial charge in [0.25, 0.3) is 0 Å². The van der Waals surface area contributed by atoms with E-state index >= 15 is 0 Å². The molecule has 5 nitrogen and oxygen atoms in total. The molecule has 2 aromatic rings. The summed E-state index contributed by atoms with van der Waals surface area (Å²) >= 11 is 0. The number of nitriles is 1. The molecule has 1 aliphatic rings. The Morgan fingerprint density at radius 1 is 1.23 bits per heavy atom. The second kappa shape index (κ2) is 8.32. The van der Waals surface area contributed by atoms with Gasteiger partial charge in [0, 0.05) is 0 Å². The molecule has 3 rings (SSSR count). The molecule has 1 fully saturated rings. The van der Waals surface area contributed by atoms with Gasteiger partial charge in [-0.2, -0.15) is 18.4 Å². The van der Waals surface area contributed by atoms with Crippen molar-refractivity contribution in [2.45, 2.75) is 37.1 Å². The number of carbonyl (C=O) groups is 1. The van der Waals surface area contributed by atoms with Crippen molar-refractivity contribution < 1.29 is 32.2 Å². The lowest BCUT2D eigenvalue weighted by molar-refractivity contribution is -0.153. The van der Waals surface area contributed by atoms with Crippen molar-refractivity contribution in [3.63, 3.8) is 0 Å². The highest BCUT2D eigenvalue weighted by molar-refractivity contribution is 5.78. The SMILES string of the molecule is N#Cc1cc(OCC(F)(F)F)cc(C2(NC(=O)C[C@H](O)c3ccc(F)cc3)CC2)c1. The lowest BCUT2D eigenvalue weighted by Crippen LogP contribution is -2.35. The normalized spacial score (nSPS) is 15.7. The summed E-state index contributed by atoms with van der Waals surface area (Å²) in [5, 5.41) is 22.1. The number of rotatable bonds is 7. The van der Waals surface area contributed by atoms with E-state index in [1.165, 1.54) is 42.5 Å². The standard InChI is InChI=1S/C21H18F4N2O3/c22-16-3-1-14(2-4-16)18(28)10-19(29)27-20(5-6-20)15-7-13(11-26)8-17(9-15)30-12-21(23,24)25/h1-4,7-9,18,28H,5-6,10,12H2,(H,27,29)/t18-/m0/s1. The quantitative estimate of drug-likeness (QED) is 0.664. The molecule has 0 bridgehead atoms. The first-order chi connectivity index (χ1) is 14.1. The van der Waals surface area contributed by atoms with Crippen LogP contribution in [0, 0.1) is 17.1 Å². The molecule has 0 saturated heterocycles. The van der Waals surface area contributed by atoms with Crippen molar-refractivity contribution in [2.24, 2.45) is 0 Å². The minimum absolute atomic E-state index is 0.108. The number of aliphatic hydroxyl groups excluding tert-OH is 1. The molecule has 1 aliphatic carbocycles. The number of hydrogen-bond acceptors (Lipinski definition) is 4. The third-order valence-electron chi connectivity index (χ3n) is 4.75. The predicted molar refractivity (Wildman–Crippen MR) is 97.7 cm³/mol. The van der Waals surface area contributed by atoms with E-state index in [4.69, 9.17) is 4.74 Å². The van der Waals surface area contributed by atoms with E-state index in [9.17, 15) is 32.7 Å². The van der Waals surface area contributed by atoms with Gasteiger partial charge in [-0.3, -0.25) is 4.79 Å². The van der Waals surface area contributed by atoms with Crippen molar-refractivity contribution in [3.05, 3.63) is 65.0 Å². The fraction of sp³-hybridized carbons (Fsp3) is 0.333. The first kappa shape index (κ1) is 21.6. The highest BCUT2D eigenvalue weighted by Gasteiger charge is 2.46. The second-order valence-corrected chi connectivity index (χ2v) is 7.16. The Bertz CT molecular complexity index is 964. The number of benzene rings is 2. The summed E-state index contributed by atoms with van der Waals surface area (Å²) in [6, 6.07) is 11.0. The molecule has 0 spiro atoms. The highest BCUT2D eigenvalue weighted by atomic mass is 19.4. The maximum absolute atomic E-state index is 13.0. The zero-order chi connectivity index (χ0) is 21.9. The molecule has 0 aliphatic heterocycles. The molecule has 0 aromatic heterocycles. The maximum Gasteiger partial charge on any atom is 0.422 e. The van der Waals surface area contributed by atoms with Crippen LogP contribution in [-0.2, 0) is 10.3 Å². The van der Waals surface area contributed by atoms with Crippen LogP contribution in [0.2, 0.25) is 0 Å². The van der Waals surface area contributed by atoms with Gasteiger partial charge in [0.2, 0.25) is 5.91 Å². The van der Waals surface area contributed by atoms with E-state index in [0.29, 0.717) is 24.0 Å². The number of carbonyl (C=O) groups excluding carboxylic acids is 1. The van der Waals surface area contributed by atoms with Crippen molar-refractivity contribution >= 4 is 5.91 Å². The monoisotopic (exact) mass is 422 g/mol. The maximum atomic E-state index is 13.0. The smallest absolute Gasteiger partial charge is 0.422 e. The summed E-state index contributed by atoms with van der Waals surface area (Å²) in [4.78, 5) is 12.4. The van der Waals surface area contributed by atoms with E-state index in [-0.39, 0.29) is 17.7 Å². The molecule has 30 heavy (non-hydrogen) atoms. The number of amides is 1.